The molecule has 0 spiro atoms. The highest BCUT2D eigenvalue weighted by molar-refractivity contribution is 7.91. The molecule has 9 heteroatoms. The number of sulfonamides is 1. The molecule has 0 saturated heterocycles. The van der Waals surface area contributed by atoms with E-state index in [1.54, 1.807) is 24.3 Å². The van der Waals surface area contributed by atoms with E-state index in [0.29, 0.717) is 22.3 Å². The number of carbonyl (C=O) groups excluding carboxylic acids is 1. The fourth-order valence-electron chi connectivity index (χ4n) is 2.95. The molecule has 1 aromatic heterocycles. The van der Waals surface area contributed by atoms with E-state index in [2.05, 4.69) is 10.6 Å². The summed E-state index contributed by atoms with van der Waals surface area (Å²) in [5, 5.41) is 6.44. The van der Waals surface area contributed by atoms with Gasteiger partial charge in [0.15, 0.2) is 0 Å². The summed E-state index contributed by atoms with van der Waals surface area (Å²) in [4.78, 5) is 13.2. The van der Waals surface area contributed by atoms with Crippen molar-refractivity contribution >= 4 is 39.0 Å². The molecule has 2 aromatic rings. The van der Waals surface area contributed by atoms with E-state index >= 15 is 0 Å². The highest BCUT2D eigenvalue weighted by Crippen LogP contribution is 2.25. The Hall–Kier alpha value is -1.61. The van der Waals surface area contributed by atoms with Gasteiger partial charge in [0.1, 0.15) is 4.21 Å². The van der Waals surface area contributed by atoms with Gasteiger partial charge in [-0.1, -0.05) is 51.4 Å². The predicted molar refractivity (Wildman–Crippen MR) is 119 cm³/mol. The van der Waals surface area contributed by atoms with Crippen LogP contribution in [0.1, 0.15) is 44.2 Å². The average Bonchev–Trinajstić information content (AvgIpc) is 3.16. The molecule has 1 atom stereocenters. The summed E-state index contributed by atoms with van der Waals surface area (Å²) in [5.41, 5.74) is 0.975. The van der Waals surface area contributed by atoms with Crippen molar-refractivity contribution in [1.29, 1.82) is 0 Å². The predicted octanol–water partition coefficient (Wildman–Crippen LogP) is 4.63. The lowest BCUT2D eigenvalue weighted by Gasteiger charge is -2.23. The summed E-state index contributed by atoms with van der Waals surface area (Å²) in [7, 11) is -3.48. The average molecular weight is 458 g/mol. The van der Waals surface area contributed by atoms with Crippen LogP contribution in [0.4, 0.5) is 4.79 Å². The highest BCUT2D eigenvalue weighted by atomic mass is 35.5. The van der Waals surface area contributed by atoms with Gasteiger partial charge in [0.2, 0.25) is 0 Å². The normalized spacial score (nSPS) is 12.9. The molecular weight excluding hydrogens is 430 g/mol. The summed E-state index contributed by atoms with van der Waals surface area (Å²) in [6.07, 6.45) is 0. The second kappa shape index (κ2) is 10.4. The van der Waals surface area contributed by atoms with Crippen LogP contribution in [0.15, 0.2) is 40.6 Å². The van der Waals surface area contributed by atoms with Crippen LogP contribution in [0.3, 0.4) is 0 Å². The minimum atomic E-state index is -3.48. The van der Waals surface area contributed by atoms with E-state index in [-0.39, 0.29) is 24.5 Å². The van der Waals surface area contributed by atoms with E-state index < -0.39 is 10.0 Å². The summed E-state index contributed by atoms with van der Waals surface area (Å²) in [6.45, 7) is 8.80. The molecule has 0 fully saturated rings. The second-order valence-electron chi connectivity index (χ2n) is 6.91. The summed E-state index contributed by atoms with van der Waals surface area (Å²) < 4.78 is 26.9. The Bertz CT molecular complexity index is 907. The van der Waals surface area contributed by atoms with Gasteiger partial charge < -0.3 is 10.6 Å². The molecule has 1 unspecified atom stereocenters. The smallest absolute Gasteiger partial charge is 0.315 e. The molecule has 1 aromatic carbocycles. The van der Waals surface area contributed by atoms with E-state index in [0.717, 1.165) is 10.4 Å². The zero-order valence-electron chi connectivity index (χ0n) is 17.1. The van der Waals surface area contributed by atoms with Gasteiger partial charge in [-0.25, -0.2) is 13.2 Å². The van der Waals surface area contributed by atoms with Crippen molar-refractivity contribution in [2.75, 3.05) is 13.1 Å². The maximum atomic E-state index is 12.6. The third-order valence-corrected chi connectivity index (χ3v) is 8.40. The minimum absolute atomic E-state index is 0.158. The molecule has 0 bridgehead atoms. The molecule has 0 saturated carbocycles. The van der Waals surface area contributed by atoms with Gasteiger partial charge >= 0.3 is 6.03 Å². The van der Waals surface area contributed by atoms with Crippen LogP contribution in [0.5, 0.6) is 0 Å². The van der Waals surface area contributed by atoms with Crippen molar-refractivity contribution in [2.45, 2.75) is 44.5 Å². The summed E-state index contributed by atoms with van der Waals surface area (Å²) in [5.74, 6) is 0.189. The molecule has 1 heterocycles. The number of amides is 2. The Morgan fingerprint density at radius 3 is 2.28 bits per heavy atom. The Labute approximate surface area is 182 Å². The molecule has 29 heavy (non-hydrogen) atoms. The van der Waals surface area contributed by atoms with Crippen molar-refractivity contribution in [3.8, 4) is 0 Å². The Kier molecular flexibility index (Phi) is 8.51. The lowest BCUT2D eigenvalue weighted by Crippen LogP contribution is -2.39. The SMILES string of the molecule is CCN(CC)S(=O)(=O)c1ccc(CNC(=O)NC(c2ccc(Cl)cc2)C(C)C)s1. The van der Waals surface area contributed by atoms with Crippen molar-refractivity contribution in [1.82, 2.24) is 14.9 Å². The Morgan fingerprint density at radius 1 is 1.10 bits per heavy atom. The number of benzene rings is 1. The highest BCUT2D eigenvalue weighted by Gasteiger charge is 2.24. The molecule has 2 N–H and O–H groups in total. The maximum absolute atomic E-state index is 12.6. The number of hydrogen-bond donors (Lipinski definition) is 2. The topological polar surface area (TPSA) is 78.5 Å². The number of rotatable bonds is 9. The fourth-order valence-corrected chi connectivity index (χ4v) is 5.98. The molecule has 2 rings (SSSR count). The van der Waals surface area contributed by atoms with E-state index in [1.165, 1.54) is 15.6 Å². The first kappa shape index (κ1) is 23.7. The quantitative estimate of drug-likeness (QED) is 0.576. The standard InChI is InChI=1S/C20H28ClN3O3S2/c1-5-24(6-2)29(26,27)18-12-11-17(28-18)13-22-20(25)23-19(14(3)4)15-7-9-16(21)10-8-15/h7-12,14,19H,5-6,13H2,1-4H3,(H2,22,23,25). The number of urea groups is 1. The van der Waals surface area contributed by atoms with Gasteiger partial charge in [0.25, 0.3) is 10.0 Å². The van der Waals surface area contributed by atoms with Crippen LogP contribution in [0.2, 0.25) is 5.02 Å². The van der Waals surface area contributed by atoms with E-state index in [1.807, 2.05) is 39.8 Å². The number of halogens is 1. The van der Waals surface area contributed by atoms with Gasteiger partial charge in [-0.3, -0.25) is 0 Å². The van der Waals surface area contributed by atoms with Gasteiger partial charge in [-0.15, -0.1) is 11.3 Å². The Morgan fingerprint density at radius 2 is 1.72 bits per heavy atom. The molecule has 0 aliphatic heterocycles. The van der Waals surface area contributed by atoms with Crippen molar-refractivity contribution in [2.24, 2.45) is 5.92 Å². The minimum Gasteiger partial charge on any atom is -0.333 e. The van der Waals surface area contributed by atoms with Crippen LogP contribution in [-0.4, -0.2) is 31.8 Å². The number of thiophene rings is 1. The van der Waals surface area contributed by atoms with Gasteiger partial charge in [-0.05, 0) is 35.7 Å². The largest absolute Gasteiger partial charge is 0.333 e. The number of nitrogens with one attached hydrogen (secondary N) is 2. The first-order chi connectivity index (χ1) is 13.7. The van der Waals surface area contributed by atoms with Gasteiger partial charge in [0.05, 0.1) is 12.6 Å². The molecular formula is C20H28ClN3O3S2. The number of hydrogen-bond acceptors (Lipinski definition) is 4. The first-order valence-corrected chi connectivity index (χ1v) is 12.2. The Balaban J connectivity index is 2.00. The van der Waals surface area contributed by atoms with Crippen molar-refractivity contribution in [3.05, 3.63) is 51.9 Å². The van der Waals surface area contributed by atoms with Crippen LogP contribution >= 0.6 is 22.9 Å². The fraction of sp³-hybridized carbons (Fsp3) is 0.450. The van der Waals surface area contributed by atoms with E-state index in [9.17, 15) is 13.2 Å². The monoisotopic (exact) mass is 457 g/mol. The van der Waals surface area contributed by atoms with Crippen LogP contribution in [0.25, 0.3) is 0 Å². The zero-order chi connectivity index (χ0) is 21.6. The third-order valence-electron chi connectivity index (χ3n) is 4.54. The number of nitrogens with zero attached hydrogens (tertiary/aromatic N) is 1. The summed E-state index contributed by atoms with van der Waals surface area (Å²) >= 11 is 7.12. The van der Waals surface area contributed by atoms with Crippen LogP contribution in [0, 0.1) is 5.92 Å². The van der Waals surface area contributed by atoms with Crippen molar-refractivity contribution < 1.29 is 13.2 Å². The molecule has 2 amide bonds. The summed E-state index contributed by atoms with van der Waals surface area (Å²) in [6, 6.07) is 10.3. The lowest BCUT2D eigenvalue weighted by atomic mass is 9.96. The molecule has 160 valence electrons. The lowest BCUT2D eigenvalue weighted by molar-refractivity contribution is 0.233. The van der Waals surface area contributed by atoms with Crippen LogP contribution < -0.4 is 10.6 Å². The van der Waals surface area contributed by atoms with Gasteiger partial charge in [-0.2, -0.15) is 4.31 Å². The zero-order valence-corrected chi connectivity index (χ0v) is 19.5. The third kappa shape index (κ3) is 6.18. The van der Waals surface area contributed by atoms with Crippen molar-refractivity contribution in [3.63, 3.8) is 0 Å². The molecule has 0 aliphatic rings. The molecule has 0 radical (unpaired) electrons. The second-order valence-corrected chi connectivity index (χ2v) is 10.7. The van der Waals surface area contributed by atoms with E-state index in [4.69, 9.17) is 11.6 Å². The molecule has 0 aliphatic carbocycles. The maximum Gasteiger partial charge on any atom is 0.315 e. The van der Waals surface area contributed by atoms with Gasteiger partial charge in [0, 0.05) is 23.0 Å². The first-order valence-electron chi connectivity index (χ1n) is 9.57. The molecule has 6 nitrogen and oxygen atoms in total. The van der Waals surface area contributed by atoms with Crippen LogP contribution in [-0.2, 0) is 16.6 Å². The number of carbonyl (C=O) groups is 1.